The number of nitrogens with one attached hydrogen (secondary N) is 1. The van der Waals surface area contributed by atoms with E-state index in [2.05, 4.69) is 5.32 Å². The summed E-state index contributed by atoms with van der Waals surface area (Å²) in [5.41, 5.74) is -6.79. The molecule has 2 atom stereocenters. The van der Waals surface area contributed by atoms with Gasteiger partial charge in [0, 0.05) is 17.0 Å². The molecule has 184 valence electrons. The Morgan fingerprint density at radius 2 is 1.33 bits per heavy atom. The molecule has 14 heteroatoms. The quantitative estimate of drug-likeness (QED) is 0.325. The predicted octanol–water partition coefficient (Wildman–Crippen LogP) is 6.55. The molecule has 0 aliphatic heterocycles. The van der Waals surface area contributed by atoms with Crippen molar-refractivity contribution in [2.45, 2.75) is 40.8 Å². The fourth-order valence-corrected chi connectivity index (χ4v) is 3.35. The zero-order chi connectivity index (χ0) is 25.2. The lowest BCUT2D eigenvalue weighted by atomic mass is 9.95. The molecule has 2 aromatic rings. The smallest absolute Gasteiger partial charge is 0.382 e. The number of halogens is 11. The van der Waals surface area contributed by atoms with E-state index in [4.69, 9.17) is 0 Å². The van der Waals surface area contributed by atoms with Gasteiger partial charge < -0.3 is 10.4 Å². The maximum absolute atomic E-state index is 13.8. The molecule has 0 heterocycles. The van der Waals surface area contributed by atoms with Crippen LogP contribution in [0.2, 0.25) is 0 Å². The van der Waals surface area contributed by atoms with Crippen LogP contribution in [0.25, 0.3) is 0 Å². The molecule has 2 aromatic carbocycles. The van der Waals surface area contributed by atoms with E-state index in [1.165, 1.54) is 0 Å². The first-order chi connectivity index (χ1) is 14.9. The average molecular weight is 513 g/mol. The van der Waals surface area contributed by atoms with Gasteiger partial charge in [0.25, 0.3) is 0 Å². The van der Waals surface area contributed by atoms with Crippen molar-refractivity contribution in [3.63, 3.8) is 0 Å². The number of hydrogen-bond acceptors (Lipinski definition) is 3. The Bertz CT molecular complexity index is 940. The molecule has 0 fully saturated rings. The second kappa shape index (κ2) is 9.66. The molecule has 2 N–H and O–H groups in total. The molecule has 0 amide bonds. The lowest BCUT2D eigenvalue weighted by molar-refractivity contribution is -0.289. The number of rotatable bonds is 7. The summed E-state index contributed by atoms with van der Waals surface area (Å²) in [6.07, 6.45) is -14.0. The van der Waals surface area contributed by atoms with E-state index in [-0.39, 0.29) is 11.1 Å². The molecule has 0 saturated heterocycles. The van der Waals surface area contributed by atoms with Gasteiger partial charge in [0.05, 0.1) is 6.04 Å². The predicted molar refractivity (Wildman–Crippen MR) is 96.7 cm³/mol. The number of hydrogen-bond donors (Lipinski definition) is 2. The summed E-state index contributed by atoms with van der Waals surface area (Å²) >= 11 is -0.559. The number of alkyl halides is 11. The van der Waals surface area contributed by atoms with Gasteiger partial charge in [-0.3, -0.25) is 0 Å². The van der Waals surface area contributed by atoms with Gasteiger partial charge in [0.1, 0.15) is 0 Å². The molecule has 2 rings (SSSR count). The zero-order valence-electron chi connectivity index (χ0n) is 16.0. The first-order valence-corrected chi connectivity index (χ1v) is 9.62. The van der Waals surface area contributed by atoms with Crippen LogP contribution in [0.3, 0.4) is 0 Å². The number of benzene rings is 2. The van der Waals surface area contributed by atoms with Crippen molar-refractivity contribution < 1.29 is 53.4 Å². The van der Waals surface area contributed by atoms with Crippen molar-refractivity contribution in [1.82, 2.24) is 5.32 Å². The molecule has 0 aromatic heterocycles. The largest absolute Gasteiger partial charge is 0.458 e. The Hall–Kier alpha value is -2.06. The summed E-state index contributed by atoms with van der Waals surface area (Å²) in [4.78, 5) is -0.403. The molecule has 0 saturated carbocycles. The summed E-state index contributed by atoms with van der Waals surface area (Å²) in [5.74, 6) is -5.30. The van der Waals surface area contributed by atoms with E-state index in [1.54, 1.807) is 0 Å². The summed E-state index contributed by atoms with van der Waals surface area (Å²) in [7, 11) is 0. The highest BCUT2D eigenvalue weighted by Gasteiger charge is 2.58. The average Bonchev–Trinajstić information content (AvgIpc) is 2.65. The van der Waals surface area contributed by atoms with Gasteiger partial charge in [-0.15, -0.1) is 0 Å². The van der Waals surface area contributed by atoms with E-state index in [9.17, 15) is 53.4 Å². The van der Waals surface area contributed by atoms with Crippen molar-refractivity contribution in [3.05, 3.63) is 65.2 Å². The normalized spacial score (nSPS) is 15.4. The SMILES string of the molecule is O[C@H](CN[C@@H](c1cccc(SC(F)(F)F)c1)c1cccc(C(F)(F)C(F)(F)F)c1)C(F)(F)F. The summed E-state index contributed by atoms with van der Waals surface area (Å²) in [5, 5.41) is 11.4. The maximum Gasteiger partial charge on any atom is 0.458 e. The second-order valence-corrected chi connectivity index (χ2v) is 7.86. The highest BCUT2D eigenvalue weighted by atomic mass is 32.2. The van der Waals surface area contributed by atoms with Crippen molar-refractivity contribution in [1.29, 1.82) is 0 Å². The molecule has 0 radical (unpaired) electrons. The molecule has 33 heavy (non-hydrogen) atoms. The highest BCUT2D eigenvalue weighted by molar-refractivity contribution is 8.00. The summed E-state index contributed by atoms with van der Waals surface area (Å²) in [6, 6.07) is 5.26. The number of aliphatic hydroxyl groups excluding tert-OH is 1. The minimum Gasteiger partial charge on any atom is -0.382 e. The van der Waals surface area contributed by atoms with E-state index in [0.29, 0.717) is 12.1 Å². The first-order valence-electron chi connectivity index (χ1n) is 8.80. The van der Waals surface area contributed by atoms with Gasteiger partial charge in [-0.2, -0.15) is 48.3 Å². The van der Waals surface area contributed by atoms with Crippen molar-refractivity contribution in [3.8, 4) is 0 Å². The van der Waals surface area contributed by atoms with E-state index < -0.39 is 64.7 Å². The molecule has 0 aliphatic rings. The van der Waals surface area contributed by atoms with E-state index >= 15 is 0 Å². The third-order valence-electron chi connectivity index (χ3n) is 4.26. The van der Waals surface area contributed by atoms with E-state index in [0.717, 1.165) is 36.4 Å². The number of aliphatic hydroxyl groups is 1. The fourth-order valence-electron chi connectivity index (χ4n) is 2.74. The van der Waals surface area contributed by atoms with Gasteiger partial charge in [0.15, 0.2) is 6.10 Å². The fraction of sp³-hybridized carbons (Fsp3) is 0.368. The van der Waals surface area contributed by atoms with Crippen LogP contribution in [0.5, 0.6) is 0 Å². The Morgan fingerprint density at radius 3 is 1.85 bits per heavy atom. The lowest BCUT2D eigenvalue weighted by Crippen LogP contribution is -2.40. The van der Waals surface area contributed by atoms with Gasteiger partial charge in [-0.25, -0.2) is 0 Å². The Morgan fingerprint density at radius 1 is 0.788 bits per heavy atom. The second-order valence-electron chi connectivity index (χ2n) is 6.72. The van der Waals surface area contributed by atoms with Crippen LogP contribution in [0, 0.1) is 0 Å². The van der Waals surface area contributed by atoms with Crippen LogP contribution >= 0.6 is 11.8 Å². The molecule has 0 bridgehead atoms. The standard InChI is InChI=1S/C19H14F11NOS/c20-16(21,18(25,26)27)12-5-1-3-10(7-12)15(31-9-14(32)17(22,23)24)11-4-2-6-13(8-11)33-19(28,29)30/h1-8,14-15,31-32H,9H2/t14-,15-/m1/s1. The van der Waals surface area contributed by atoms with Gasteiger partial charge in [-0.1, -0.05) is 30.3 Å². The molecular weight excluding hydrogens is 499 g/mol. The molecule has 2 nitrogen and oxygen atoms in total. The monoisotopic (exact) mass is 513 g/mol. The minimum atomic E-state index is -5.97. The van der Waals surface area contributed by atoms with Gasteiger partial charge >= 0.3 is 23.8 Å². The Kier molecular flexibility index (Phi) is 7.96. The van der Waals surface area contributed by atoms with Crippen LogP contribution in [0.15, 0.2) is 53.4 Å². The summed E-state index contributed by atoms with van der Waals surface area (Å²) < 4.78 is 142. The minimum absolute atomic E-state index is 0.161. The maximum atomic E-state index is 13.8. The van der Waals surface area contributed by atoms with Crippen molar-refractivity contribution in [2.75, 3.05) is 6.54 Å². The van der Waals surface area contributed by atoms with Crippen molar-refractivity contribution >= 4 is 11.8 Å². The lowest BCUT2D eigenvalue weighted by Gasteiger charge is -2.25. The Balaban J connectivity index is 2.51. The molecular formula is C19H14F11NOS. The third-order valence-corrected chi connectivity index (χ3v) is 4.98. The zero-order valence-corrected chi connectivity index (χ0v) is 16.8. The first kappa shape index (κ1) is 27.2. The molecule has 0 spiro atoms. The van der Waals surface area contributed by atoms with Crippen LogP contribution < -0.4 is 5.32 Å². The van der Waals surface area contributed by atoms with Crippen LogP contribution in [-0.4, -0.2) is 35.6 Å². The topological polar surface area (TPSA) is 32.3 Å². The van der Waals surface area contributed by atoms with Crippen molar-refractivity contribution in [2.24, 2.45) is 0 Å². The molecule has 0 aliphatic carbocycles. The number of thioether (sulfide) groups is 1. The van der Waals surface area contributed by atoms with Crippen LogP contribution in [-0.2, 0) is 5.92 Å². The van der Waals surface area contributed by atoms with E-state index in [1.807, 2.05) is 0 Å². The third kappa shape index (κ3) is 7.21. The van der Waals surface area contributed by atoms with Gasteiger partial charge in [-0.05, 0) is 41.1 Å². The molecule has 0 unspecified atom stereocenters. The summed E-state index contributed by atoms with van der Waals surface area (Å²) in [6.45, 7) is -1.22. The van der Waals surface area contributed by atoms with Crippen LogP contribution in [0.1, 0.15) is 22.7 Å². The van der Waals surface area contributed by atoms with Gasteiger partial charge in [0.2, 0.25) is 0 Å². The highest BCUT2D eigenvalue weighted by Crippen LogP contribution is 2.44. The Labute approximate surface area is 183 Å². The van der Waals surface area contributed by atoms with Crippen LogP contribution in [0.4, 0.5) is 48.3 Å².